The van der Waals surface area contributed by atoms with Gasteiger partial charge in [-0.05, 0) is 31.0 Å². The second-order valence-corrected chi connectivity index (χ2v) is 6.08. The number of amides is 1. The zero-order valence-corrected chi connectivity index (χ0v) is 13.9. The zero-order valence-electron chi connectivity index (χ0n) is 13.9. The van der Waals surface area contributed by atoms with Gasteiger partial charge in [0.2, 0.25) is 5.91 Å². The maximum Gasteiger partial charge on any atom is 0.224 e. The van der Waals surface area contributed by atoms with Gasteiger partial charge in [-0.25, -0.2) is 0 Å². The standard InChI is InChI=1S/C20H22N2O/c1-14-8-10-16(11-9-14)13-21-20(23)12-18-15(2)22(3)19-7-5-4-6-17(18)19/h4-11H,12-13H2,1-3H3,(H,21,23). The van der Waals surface area contributed by atoms with Crippen LogP contribution in [0.2, 0.25) is 0 Å². The molecule has 0 aliphatic heterocycles. The highest BCUT2D eigenvalue weighted by Crippen LogP contribution is 2.25. The predicted octanol–water partition coefficient (Wildman–Crippen LogP) is 3.65. The van der Waals surface area contributed by atoms with E-state index in [4.69, 9.17) is 0 Å². The molecule has 0 radical (unpaired) electrons. The van der Waals surface area contributed by atoms with Gasteiger partial charge in [-0.15, -0.1) is 0 Å². The smallest absolute Gasteiger partial charge is 0.224 e. The molecule has 0 unspecified atom stereocenters. The Morgan fingerprint density at radius 3 is 2.48 bits per heavy atom. The van der Waals surface area contributed by atoms with Crippen LogP contribution in [0.15, 0.2) is 48.5 Å². The number of nitrogens with one attached hydrogen (secondary N) is 1. The minimum absolute atomic E-state index is 0.0602. The van der Waals surface area contributed by atoms with Gasteiger partial charge in [0, 0.05) is 30.2 Å². The van der Waals surface area contributed by atoms with Crippen molar-refractivity contribution in [2.75, 3.05) is 0 Å². The molecule has 0 saturated carbocycles. The van der Waals surface area contributed by atoms with Gasteiger partial charge in [0.1, 0.15) is 0 Å². The summed E-state index contributed by atoms with van der Waals surface area (Å²) in [6, 6.07) is 16.5. The highest BCUT2D eigenvalue weighted by atomic mass is 16.1. The molecule has 1 N–H and O–H groups in total. The van der Waals surface area contributed by atoms with Crippen LogP contribution in [0.5, 0.6) is 0 Å². The summed E-state index contributed by atoms with van der Waals surface area (Å²) < 4.78 is 2.15. The van der Waals surface area contributed by atoms with Crippen molar-refractivity contribution >= 4 is 16.8 Å². The average molecular weight is 306 g/mol. The summed E-state index contributed by atoms with van der Waals surface area (Å²) >= 11 is 0. The summed E-state index contributed by atoms with van der Waals surface area (Å²) in [5.74, 6) is 0.0602. The van der Waals surface area contributed by atoms with Crippen LogP contribution in [0.25, 0.3) is 10.9 Å². The first-order valence-corrected chi connectivity index (χ1v) is 7.91. The van der Waals surface area contributed by atoms with Gasteiger partial charge in [-0.1, -0.05) is 48.0 Å². The predicted molar refractivity (Wildman–Crippen MR) is 94.4 cm³/mol. The maximum absolute atomic E-state index is 12.3. The van der Waals surface area contributed by atoms with Crippen molar-refractivity contribution in [1.29, 1.82) is 0 Å². The number of aryl methyl sites for hydroxylation is 2. The second kappa shape index (κ2) is 6.29. The quantitative estimate of drug-likeness (QED) is 0.784. The van der Waals surface area contributed by atoms with Crippen LogP contribution in [0.4, 0.5) is 0 Å². The first-order chi connectivity index (χ1) is 11.1. The molecule has 0 saturated heterocycles. The highest BCUT2D eigenvalue weighted by Gasteiger charge is 2.14. The molecule has 0 spiro atoms. The highest BCUT2D eigenvalue weighted by molar-refractivity contribution is 5.90. The summed E-state index contributed by atoms with van der Waals surface area (Å²) in [5.41, 5.74) is 5.79. The number of carbonyl (C=O) groups is 1. The van der Waals surface area contributed by atoms with E-state index >= 15 is 0 Å². The number of carbonyl (C=O) groups excluding carboxylic acids is 1. The van der Waals surface area contributed by atoms with Crippen LogP contribution < -0.4 is 5.32 Å². The molecule has 0 atom stereocenters. The van der Waals surface area contributed by atoms with Gasteiger partial charge in [-0.3, -0.25) is 4.79 Å². The fraction of sp³-hybridized carbons (Fsp3) is 0.250. The molecular weight excluding hydrogens is 284 g/mol. The van der Waals surface area contributed by atoms with Crippen molar-refractivity contribution in [3.8, 4) is 0 Å². The largest absolute Gasteiger partial charge is 0.352 e. The first kappa shape index (κ1) is 15.3. The normalized spacial score (nSPS) is 10.9. The van der Waals surface area contributed by atoms with Crippen molar-refractivity contribution in [2.45, 2.75) is 26.8 Å². The van der Waals surface area contributed by atoms with E-state index in [9.17, 15) is 4.79 Å². The number of fused-ring (bicyclic) bond motifs is 1. The number of benzene rings is 2. The van der Waals surface area contributed by atoms with Crippen LogP contribution >= 0.6 is 0 Å². The number of para-hydroxylation sites is 1. The maximum atomic E-state index is 12.3. The lowest BCUT2D eigenvalue weighted by molar-refractivity contribution is -0.120. The summed E-state index contributed by atoms with van der Waals surface area (Å²) in [6.07, 6.45) is 0.416. The lowest BCUT2D eigenvalue weighted by atomic mass is 10.1. The topological polar surface area (TPSA) is 34.0 Å². The fourth-order valence-corrected chi connectivity index (χ4v) is 2.95. The Morgan fingerprint density at radius 2 is 1.74 bits per heavy atom. The molecule has 3 rings (SSSR count). The number of aromatic nitrogens is 1. The molecule has 0 aliphatic carbocycles. The fourth-order valence-electron chi connectivity index (χ4n) is 2.95. The minimum atomic E-state index is 0.0602. The summed E-state index contributed by atoms with van der Waals surface area (Å²) in [6.45, 7) is 4.71. The summed E-state index contributed by atoms with van der Waals surface area (Å²) in [5, 5.41) is 4.18. The Labute approximate surface area is 136 Å². The molecular formula is C20H22N2O. The molecule has 1 heterocycles. The number of hydrogen-bond donors (Lipinski definition) is 1. The lowest BCUT2D eigenvalue weighted by Gasteiger charge is -2.07. The molecule has 3 aromatic rings. The molecule has 23 heavy (non-hydrogen) atoms. The van der Waals surface area contributed by atoms with Gasteiger partial charge in [-0.2, -0.15) is 0 Å². The van der Waals surface area contributed by atoms with E-state index in [0.717, 1.165) is 22.2 Å². The van der Waals surface area contributed by atoms with Crippen LogP contribution in [-0.4, -0.2) is 10.5 Å². The molecule has 3 heteroatoms. The molecule has 3 nitrogen and oxygen atoms in total. The third kappa shape index (κ3) is 3.14. The van der Waals surface area contributed by atoms with Gasteiger partial charge in [0.25, 0.3) is 0 Å². The summed E-state index contributed by atoms with van der Waals surface area (Å²) in [4.78, 5) is 12.3. The number of hydrogen-bond acceptors (Lipinski definition) is 1. The van der Waals surface area contributed by atoms with E-state index in [1.807, 2.05) is 19.2 Å². The van der Waals surface area contributed by atoms with Crippen molar-refractivity contribution in [2.24, 2.45) is 7.05 Å². The van der Waals surface area contributed by atoms with Gasteiger partial charge < -0.3 is 9.88 Å². The van der Waals surface area contributed by atoms with Crippen molar-refractivity contribution in [1.82, 2.24) is 9.88 Å². The molecule has 0 aliphatic rings. The van der Waals surface area contributed by atoms with Gasteiger partial charge in [0.15, 0.2) is 0 Å². The SMILES string of the molecule is Cc1ccc(CNC(=O)Cc2c(C)n(C)c3ccccc23)cc1. The number of nitrogens with zero attached hydrogens (tertiary/aromatic N) is 1. The molecule has 118 valence electrons. The van der Waals surface area contributed by atoms with Crippen LogP contribution in [0.1, 0.15) is 22.4 Å². The van der Waals surface area contributed by atoms with Gasteiger partial charge >= 0.3 is 0 Å². The van der Waals surface area contributed by atoms with Crippen molar-refractivity contribution < 1.29 is 4.79 Å². The Balaban J connectivity index is 1.73. The van der Waals surface area contributed by atoms with Gasteiger partial charge in [0.05, 0.1) is 6.42 Å². The lowest BCUT2D eigenvalue weighted by Crippen LogP contribution is -2.24. The first-order valence-electron chi connectivity index (χ1n) is 7.91. The summed E-state index contributed by atoms with van der Waals surface area (Å²) in [7, 11) is 2.05. The second-order valence-electron chi connectivity index (χ2n) is 6.08. The van der Waals surface area contributed by atoms with E-state index in [1.165, 1.54) is 11.1 Å². The zero-order chi connectivity index (χ0) is 16.4. The van der Waals surface area contributed by atoms with E-state index in [0.29, 0.717) is 13.0 Å². The molecule has 2 aromatic carbocycles. The molecule has 1 aromatic heterocycles. The molecule has 1 amide bonds. The van der Waals surface area contributed by atoms with E-state index < -0.39 is 0 Å². The Morgan fingerprint density at radius 1 is 1.04 bits per heavy atom. The van der Waals surface area contributed by atoms with Crippen LogP contribution in [0.3, 0.4) is 0 Å². The van der Waals surface area contributed by atoms with Crippen molar-refractivity contribution in [3.05, 3.63) is 70.9 Å². The molecule has 0 bridgehead atoms. The Kier molecular flexibility index (Phi) is 4.20. The Bertz CT molecular complexity index is 844. The molecule has 0 fully saturated rings. The van der Waals surface area contributed by atoms with E-state index in [1.54, 1.807) is 0 Å². The Hall–Kier alpha value is -2.55. The van der Waals surface area contributed by atoms with Crippen molar-refractivity contribution in [3.63, 3.8) is 0 Å². The third-order valence-electron chi connectivity index (χ3n) is 4.48. The average Bonchev–Trinajstić information content (AvgIpc) is 2.80. The van der Waals surface area contributed by atoms with E-state index in [-0.39, 0.29) is 5.91 Å². The minimum Gasteiger partial charge on any atom is -0.352 e. The third-order valence-corrected chi connectivity index (χ3v) is 4.48. The van der Waals surface area contributed by atoms with E-state index in [2.05, 4.69) is 60.1 Å². The van der Waals surface area contributed by atoms with Crippen LogP contribution in [-0.2, 0) is 24.8 Å². The monoisotopic (exact) mass is 306 g/mol. The van der Waals surface area contributed by atoms with Crippen LogP contribution in [0, 0.1) is 13.8 Å². The number of rotatable bonds is 4.